The molecule has 1 unspecified atom stereocenters. The lowest BCUT2D eigenvalue weighted by molar-refractivity contribution is 0.0598. The van der Waals surface area contributed by atoms with Crippen LogP contribution < -0.4 is 4.52 Å². The molecule has 6 heteroatoms. The lowest BCUT2D eigenvalue weighted by Gasteiger charge is -2.37. The molecule has 0 aromatic heterocycles. The summed E-state index contributed by atoms with van der Waals surface area (Å²) in [4.78, 5) is 0. The van der Waals surface area contributed by atoms with Gasteiger partial charge in [0.1, 0.15) is 5.75 Å². The van der Waals surface area contributed by atoms with Crippen LogP contribution in [0, 0.1) is 5.92 Å². The predicted molar refractivity (Wildman–Crippen MR) is 102 cm³/mol. The van der Waals surface area contributed by atoms with Crippen molar-refractivity contribution in [1.82, 2.24) is 0 Å². The molecule has 2 aliphatic rings. The van der Waals surface area contributed by atoms with Gasteiger partial charge >= 0.3 is 0 Å². The highest BCUT2D eigenvalue weighted by molar-refractivity contribution is 9.10. The molecule has 1 aliphatic carbocycles. The van der Waals surface area contributed by atoms with Gasteiger partial charge in [0.05, 0.1) is 5.60 Å². The third-order valence-corrected chi connectivity index (χ3v) is 10.5. The van der Waals surface area contributed by atoms with Crippen molar-refractivity contribution in [2.24, 2.45) is 5.92 Å². The lowest BCUT2D eigenvalue weighted by atomic mass is 9.77. The Morgan fingerprint density at radius 3 is 2.82 bits per heavy atom. The van der Waals surface area contributed by atoms with Crippen LogP contribution in [0.5, 0.6) is 5.75 Å². The van der Waals surface area contributed by atoms with Gasteiger partial charge in [0, 0.05) is 9.72 Å². The molecular formula is C16H20BrO2PS2. The van der Waals surface area contributed by atoms with E-state index in [1.54, 1.807) is 11.4 Å². The van der Waals surface area contributed by atoms with Gasteiger partial charge in [-0.2, -0.15) is 0 Å². The van der Waals surface area contributed by atoms with Gasteiger partial charge in [-0.05, 0) is 75.1 Å². The Labute approximate surface area is 150 Å². The maximum absolute atomic E-state index is 6.33. The Morgan fingerprint density at radius 1 is 1.50 bits per heavy atom. The average molecular weight is 419 g/mol. The molecule has 0 radical (unpaired) electrons. The number of fused-ring (bicyclic) bond motifs is 1. The van der Waals surface area contributed by atoms with Crippen LogP contribution in [-0.4, -0.2) is 10.9 Å². The SMILES string of the molecule is C=C(C)C1CC[C@@]2(C)O[P@](=S)(Oc3ccc(Br)cc3)S[C@@H]2C1. The van der Waals surface area contributed by atoms with E-state index in [1.807, 2.05) is 24.3 Å². The van der Waals surface area contributed by atoms with Crippen molar-refractivity contribution in [2.75, 3.05) is 0 Å². The third kappa shape index (κ3) is 3.49. The number of hydrogen-bond acceptors (Lipinski definition) is 4. The van der Waals surface area contributed by atoms with Crippen molar-refractivity contribution >= 4 is 44.8 Å². The van der Waals surface area contributed by atoms with E-state index in [0.717, 1.165) is 29.5 Å². The standard InChI is InChI=1S/C16H20BrO2PS2/c1-11(2)12-8-9-16(3)15(10-12)22-20(21,19-16)18-14-6-4-13(17)5-7-14/h4-7,12,15H,1,8-10H2,2-3H3/t12?,15-,16-,20+/m1/s1. The van der Waals surface area contributed by atoms with Crippen LogP contribution in [0.2, 0.25) is 0 Å². The summed E-state index contributed by atoms with van der Waals surface area (Å²) in [5.74, 6) is 1.38. The number of halogens is 1. The Morgan fingerprint density at radius 2 is 2.18 bits per heavy atom. The molecule has 120 valence electrons. The van der Waals surface area contributed by atoms with E-state index in [2.05, 4.69) is 36.4 Å². The van der Waals surface area contributed by atoms with E-state index >= 15 is 0 Å². The van der Waals surface area contributed by atoms with Crippen molar-refractivity contribution < 1.29 is 9.05 Å². The zero-order chi connectivity index (χ0) is 16.0. The molecule has 4 atom stereocenters. The monoisotopic (exact) mass is 418 g/mol. The summed E-state index contributed by atoms with van der Waals surface area (Å²) in [5, 5.41) is 0.407. The van der Waals surface area contributed by atoms with Crippen LogP contribution in [0.4, 0.5) is 0 Å². The molecule has 0 amide bonds. The largest absolute Gasteiger partial charge is 0.436 e. The minimum atomic E-state index is -2.33. The van der Waals surface area contributed by atoms with E-state index in [9.17, 15) is 0 Å². The number of allylic oxidation sites excluding steroid dienone is 1. The van der Waals surface area contributed by atoms with Gasteiger partial charge in [-0.3, -0.25) is 0 Å². The quantitative estimate of drug-likeness (QED) is 0.422. The molecular weight excluding hydrogens is 399 g/mol. The average Bonchev–Trinajstić information content (AvgIpc) is 2.70. The number of rotatable bonds is 3. The Balaban J connectivity index is 1.76. The summed E-state index contributed by atoms with van der Waals surface area (Å²) in [6.45, 7) is 8.45. The molecule has 2 nitrogen and oxygen atoms in total. The topological polar surface area (TPSA) is 18.5 Å². The first-order valence-corrected chi connectivity index (χ1v) is 12.3. The van der Waals surface area contributed by atoms with Crippen molar-refractivity contribution in [3.05, 3.63) is 40.9 Å². The van der Waals surface area contributed by atoms with Gasteiger partial charge in [-0.1, -0.05) is 39.5 Å². The molecule has 0 bridgehead atoms. The smallest absolute Gasteiger partial charge is 0.298 e. The van der Waals surface area contributed by atoms with E-state index in [1.165, 1.54) is 5.57 Å². The Bertz CT molecular complexity index is 634. The van der Waals surface area contributed by atoms with Gasteiger partial charge in [-0.25, -0.2) is 0 Å². The molecule has 0 N–H and O–H groups in total. The van der Waals surface area contributed by atoms with Crippen molar-refractivity contribution in [3.8, 4) is 5.75 Å². The van der Waals surface area contributed by atoms with Gasteiger partial charge in [0.15, 0.2) is 0 Å². The molecule has 1 aromatic rings. The van der Waals surface area contributed by atoms with Gasteiger partial charge in [0.2, 0.25) is 0 Å². The van der Waals surface area contributed by atoms with E-state index < -0.39 is 5.69 Å². The molecule has 0 spiro atoms. The van der Waals surface area contributed by atoms with Crippen molar-refractivity contribution in [1.29, 1.82) is 0 Å². The summed E-state index contributed by atoms with van der Waals surface area (Å²) in [6.07, 6.45) is 3.26. The van der Waals surface area contributed by atoms with Gasteiger partial charge in [-0.15, -0.1) is 0 Å². The minimum Gasteiger partial charge on any atom is -0.436 e. The number of hydrogen-bond donors (Lipinski definition) is 0. The fourth-order valence-electron chi connectivity index (χ4n) is 3.05. The second-order valence-corrected chi connectivity index (χ2v) is 13.5. The molecule has 1 saturated heterocycles. The minimum absolute atomic E-state index is 0.151. The third-order valence-electron chi connectivity index (χ3n) is 4.47. The molecule has 1 heterocycles. The maximum atomic E-state index is 6.33. The van der Waals surface area contributed by atoms with E-state index in [-0.39, 0.29) is 5.60 Å². The summed E-state index contributed by atoms with van der Waals surface area (Å²) in [5.41, 5.74) is -1.21. The fourth-order valence-corrected chi connectivity index (χ4v) is 10.2. The van der Waals surface area contributed by atoms with Crippen LogP contribution >= 0.6 is 33.0 Å². The number of benzene rings is 1. The van der Waals surface area contributed by atoms with Crippen molar-refractivity contribution in [2.45, 2.75) is 44.0 Å². The summed E-state index contributed by atoms with van der Waals surface area (Å²) >= 11 is 10.9. The summed E-state index contributed by atoms with van der Waals surface area (Å²) in [7, 11) is 0. The lowest BCUT2D eigenvalue weighted by Crippen LogP contribution is -2.40. The zero-order valence-electron chi connectivity index (χ0n) is 12.8. The Hall–Kier alpha value is 0.200. The highest BCUT2D eigenvalue weighted by atomic mass is 79.9. The molecule has 2 fully saturated rings. The Kier molecular flexibility index (Phi) is 4.84. The molecule has 1 aromatic carbocycles. The van der Waals surface area contributed by atoms with Crippen LogP contribution in [-0.2, 0) is 16.3 Å². The fraction of sp³-hybridized carbons (Fsp3) is 0.500. The zero-order valence-corrected chi connectivity index (χ0v) is 16.9. The van der Waals surface area contributed by atoms with Crippen LogP contribution in [0.25, 0.3) is 0 Å². The summed E-state index contributed by atoms with van der Waals surface area (Å²) in [6, 6.07) is 7.79. The van der Waals surface area contributed by atoms with Crippen LogP contribution in [0.3, 0.4) is 0 Å². The van der Waals surface area contributed by atoms with Gasteiger partial charge in [0.25, 0.3) is 5.69 Å². The summed E-state index contributed by atoms with van der Waals surface area (Å²) < 4.78 is 13.5. The molecule has 22 heavy (non-hydrogen) atoms. The maximum Gasteiger partial charge on any atom is 0.298 e. The van der Waals surface area contributed by atoms with Gasteiger partial charge < -0.3 is 9.05 Å². The highest BCUT2D eigenvalue weighted by Gasteiger charge is 2.53. The van der Waals surface area contributed by atoms with Crippen LogP contribution in [0.1, 0.15) is 33.1 Å². The second kappa shape index (κ2) is 6.25. The second-order valence-electron chi connectivity index (χ2n) is 6.31. The normalized spacial score (nSPS) is 37.6. The first-order valence-electron chi connectivity index (χ1n) is 7.39. The predicted octanol–water partition coefficient (Wildman–Crippen LogP) is 6.32. The molecule has 3 rings (SSSR count). The van der Waals surface area contributed by atoms with Crippen LogP contribution in [0.15, 0.2) is 40.9 Å². The first-order chi connectivity index (χ1) is 10.3. The highest BCUT2D eigenvalue weighted by Crippen LogP contribution is 2.74. The molecule has 1 aliphatic heterocycles. The van der Waals surface area contributed by atoms with Crippen molar-refractivity contribution in [3.63, 3.8) is 0 Å². The van der Waals surface area contributed by atoms with E-state index in [0.29, 0.717) is 11.2 Å². The first kappa shape index (κ1) is 17.0. The van der Waals surface area contributed by atoms with E-state index in [4.69, 9.17) is 20.9 Å². The molecule has 1 saturated carbocycles.